The molecule has 1 aromatic carbocycles. The van der Waals surface area contributed by atoms with Gasteiger partial charge in [-0.1, -0.05) is 23.3 Å². The fourth-order valence-electron chi connectivity index (χ4n) is 1.77. The van der Waals surface area contributed by atoms with Crippen LogP contribution in [-0.4, -0.2) is 20.7 Å². The number of thiophene rings is 1. The molecule has 0 aliphatic carbocycles. The Morgan fingerprint density at radius 2 is 2.05 bits per heavy atom. The van der Waals surface area contributed by atoms with E-state index in [9.17, 15) is 4.21 Å². The van der Waals surface area contributed by atoms with Crippen molar-refractivity contribution in [3.63, 3.8) is 0 Å². The van der Waals surface area contributed by atoms with Crippen molar-refractivity contribution in [3.05, 3.63) is 47.3 Å². The molecule has 0 aliphatic rings. The van der Waals surface area contributed by atoms with Gasteiger partial charge >= 0.3 is 6.01 Å². The third-order valence-corrected chi connectivity index (χ3v) is 4.65. The monoisotopic (exact) mass is 319 g/mol. The predicted octanol–water partition coefficient (Wildman–Crippen LogP) is 3.15. The highest BCUT2D eigenvalue weighted by Crippen LogP contribution is 2.24. The Kier molecular flexibility index (Phi) is 4.12. The van der Waals surface area contributed by atoms with Gasteiger partial charge in [0.1, 0.15) is 0 Å². The second-order valence-electron chi connectivity index (χ2n) is 4.34. The lowest BCUT2D eigenvalue weighted by molar-refractivity contribution is 0.582. The van der Waals surface area contributed by atoms with Gasteiger partial charge in [-0.3, -0.25) is 4.21 Å². The van der Waals surface area contributed by atoms with Gasteiger partial charge in [-0.15, -0.1) is 16.4 Å². The van der Waals surface area contributed by atoms with Crippen LogP contribution < -0.4 is 5.32 Å². The molecule has 2 aromatic heterocycles. The van der Waals surface area contributed by atoms with Crippen molar-refractivity contribution in [2.75, 3.05) is 11.6 Å². The van der Waals surface area contributed by atoms with Gasteiger partial charge < -0.3 is 9.73 Å². The van der Waals surface area contributed by atoms with Gasteiger partial charge in [-0.05, 0) is 29.1 Å². The van der Waals surface area contributed by atoms with Crippen LogP contribution in [0.15, 0.2) is 51.1 Å². The van der Waals surface area contributed by atoms with E-state index in [0.29, 0.717) is 18.5 Å². The molecule has 0 radical (unpaired) electrons. The first-order chi connectivity index (χ1) is 10.2. The smallest absolute Gasteiger partial charge is 0.316 e. The number of hydrogen-bond donors (Lipinski definition) is 1. The SMILES string of the molecule is C[S@@](=O)c1ccc(CNc2nnc(-c3cccs3)o2)cc1. The summed E-state index contributed by atoms with van der Waals surface area (Å²) in [4.78, 5) is 1.77. The van der Waals surface area contributed by atoms with E-state index in [1.54, 1.807) is 17.6 Å². The van der Waals surface area contributed by atoms with Gasteiger partial charge in [0.15, 0.2) is 0 Å². The second-order valence-corrected chi connectivity index (χ2v) is 6.67. The minimum Gasteiger partial charge on any atom is -0.403 e. The number of hydrogen-bond acceptors (Lipinski definition) is 6. The molecule has 0 unspecified atom stereocenters. The van der Waals surface area contributed by atoms with E-state index in [0.717, 1.165) is 15.3 Å². The van der Waals surface area contributed by atoms with Gasteiger partial charge in [0, 0.05) is 28.5 Å². The molecule has 0 spiro atoms. The van der Waals surface area contributed by atoms with E-state index in [2.05, 4.69) is 15.5 Å². The van der Waals surface area contributed by atoms with E-state index in [1.807, 2.05) is 41.8 Å². The molecule has 7 heteroatoms. The summed E-state index contributed by atoms with van der Waals surface area (Å²) in [5, 5.41) is 13.0. The molecule has 1 atom stereocenters. The summed E-state index contributed by atoms with van der Waals surface area (Å²) < 4.78 is 16.9. The maximum atomic E-state index is 11.3. The lowest BCUT2D eigenvalue weighted by Crippen LogP contribution is -1.99. The molecule has 3 aromatic rings. The van der Waals surface area contributed by atoms with Crippen LogP contribution >= 0.6 is 11.3 Å². The minimum atomic E-state index is -0.951. The van der Waals surface area contributed by atoms with Gasteiger partial charge in [0.25, 0.3) is 5.89 Å². The zero-order valence-corrected chi connectivity index (χ0v) is 12.9. The Morgan fingerprint density at radius 3 is 2.71 bits per heavy atom. The normalized spacial score (nSPS) is 12.2. The van der Waals surface area contributed by atoms with Crippen molar-refractivity contribution in [3.8, 4) is 10.8 Å². The molecular weight excluding hydrogens is 306 g/mol. The van der Waals surface area contributed by atoms with E-state index in [-0.39, 0.29) is 0 Å². The second kappa shape index (κ2) is 6.19. The number of nitrogens with one attached hydrogen (secondary N) is 1. The van der Waals surface area contributed by atoms with Crippen molar-refractivity contribution >= 4 is 28.2 Å². The summed E-state index contributed by atoms with van der Waals surface area (Å²) in [7, 11) is -0.951. The minimum absolute atomic E-state index is 0.390. The number of anilines is 1. The van der Waals surface area contributed by atoms with E-state index < -0.39 is 10.8 Å². The number of nitrogens with zero attached hydrogens (tertiary/aromatic N) is 2. The zero-order valence-electron chi connectivity index (χ0n) is 11.3. The number of benzene rings is 1. The molecule has 0 saturated heterocycles. The number of rotatable bonds is 5. The van der Waals surface area contributed by atoms with Crippen molar-refractivity contribution in [1.82, 2.24) is 10.2 Å². The van der Waals surface area contributed by atoms with Crippen molar-refractivity contribution < 1.29 is 8.63 Å². The molecule has 5 nitrogen and oxygen atoms in total. The molecule has 21 heavy (non-hydrogen) atoms. The van der Waals surface area contributed by atoms with Crippen molar-refractivity contribution in [2.24, 2.45) is 0 Å². The Hall–Kier alpha value is -1.99. The molecule has 108 valence electrons. The Labute approximate surface area is 128 Å². The molecule has 0 aliphatic heterocycles. The lowest BCUT2D eigenvalue weighted by atomic mass is 10.2. The van der Waals surface area contributed by atoms with Crippen molar-refractivity contribution in [1.29, 1.82) is 0 Å². The third-order valence-electron chi connectivity index (χ3n) is 2.86. The average molecular weight is 319 g/mol. The van der Waals surface area contributed by atoms with Crippen LogP contribution in [0.2, 0.25) is 0 Å². The predicted molar refractivity (Wildman–Crippen MR) is 83.7 cm³/mol. The van der Waals surface area contributed by atoms with Crippen LogP contribution in [0.1, 0.15) is 5.56 Å². The van der Waals surface area contributed by atoms with Crippen LogP contribution in [0, 0.1) is 0 Å². The summed E-state index contributed by atoms with van der Waals surface area (Å²) >= 11 is 1.56. The Balaban J connectivity index is 1.64. The van der Waals surface area contributed by atoms with Crippen LogP contribution in [0.5, 0.6) is 0 Å². The van der Waals surface area contributed by atoms with E-state index in [1.165, 1.54) is 0 Å². The van der Waals surface area contributed by atoms with E-state index in [4.69, 9.17) is 4.42 Å². The van der Waals surface area contributed by atoms with Crippen molar-refractivity contribution in [2.45, 2.75) is 11.4 Å². The standard InChI is InChI=1S/C14H13N3O2S2/c1-21(18)11-6-4-10(5-7-11)9-15-14-17-16-13(19-14)12-3-2-8-20-12/h2-8H,9H2,1H3,(H,15,17)/t21-/m1/s1. The molecular formula is C14H13N3O2S2. The topological polar surface area (TPSA) is 68.0 Å². The van der Waals surface area contributed by atoms with E-state index >= 15 is 0 Å². The Morgan fingerprint density at radius 1 is 1.24 bits per heavy atom. The molecule has 1 N–H and O–H groups in total. The highest BCUT2D eigenvalue weighted by atomic mass is 32.2. The van der Waals surface area contributed by atoms with Gasteiger partial charge in [-0.2, -0.15) is 0 Å². The summed E-state index contributed by atoms with van der Waals surface area (Å²) in [6.07, 6.45) is 1.66. The fourth-order valence-corrected chi connectivity index (χ4v) is 2.93. The summed E-state index contributed by atoms with van der Waals surface area (Å²) in [5.74, 6) is 0.518. The largest absolute Gasteiger partial charge is 0.403 e. The first kappa shape index (κ1) is 14.0. The molecule has 0 amide bonds. The maximum Gasteiger partial charge on any atom is 0.316 e. The maximum absolute atomic E-state index is 11.3. The summed E-state index contributed by atoms with van der Waals surface area (Å²) in [6.45, 7) is 0.572. The molecule has 0 saturated carbocycles. The zero-order chi connectivity index (χ0) is 14.7. The van der Waals surface area contributed by atoms with Gasteiger partial charge in [0.2, 0.25) is 0 Å². The fraction of sp³-hybridized carbons (Fsp3) is 0.143. The van der Waals surface area contributed by atoms with Gasteiger partial charge in [-0.25, -0.2) is 0 Å². The number of aromatic nitrogens is 2. The molecule has 3 rings (SSSR count). The van der Waals surface area contributed by atoms with Gasteiger partial charge in [0.05, 0.1) is 4.88 Å². The van der Waals surface area contributed by atoms with Crippen LogP contribution in [0.4, 0.5) is 6.01 Å². The lowest BCUT2D eigenvalue weighted by Gasteiger charge is -2.02. The Bertz CT molecular complexity index is 736. The first-order valence-corrected chi connectivity index (χ1v) is 8.70. The molecule has 0 fully saturated rings. The highest BCUT2D eigenvalue weighted by Gasteiger charge is 2.08. The molecule has 2 heterocycles. The third kappa shape index (κ3) is 3.37. The van der Waals surface area contributed by atoms with Crippen LogP contribution in [0.25, 0.3) is 10.8 Å². The first-order valence-electron chi connectivity index (χ1n) is 6.26. The van der Waals surface area contributed by atoms with Crippen LogP contribution in [0.3, 0.4) is 0 Å². The quantitative estimate of drug-likeness (QED) is 0.782. The molecule has 0 bridgehead atoms. The summed E-state index contributed by atoms with van der Waals surface area (Å²) in [6, 6.07) is 11.8. The highest BCUT2D eigenvalue weighted by molar-refractivity contribution is 7.84. The summed E-state index contributed by atoms with van der Waals surface area (Å²) in [5.41, 5.74) is 1.06. The average Bonchev–Trinajstić information content (AvgIpc) is 3.16. The van der Waals surface area contributed by atoms with Crippen LogP contribution in [-0.2, 0) is 17.3 Å².